The van der Waals surface area contributed by atoms with E-state index in [1.165, 1.54) is 18.2 Å². The number of ether oxygens (including phenoxy) is 4. The number of nitrogens with zero attached hydrogens (tertiary/aromatic N) is 6. The van der Waals surface area contributed by atoms with Gasteiger partial charge in [-0.2, -0.15) is 54.5 Å². The Morgan fingerprint density at radius 3 is 1.04 bits per heavy atom. The molecule has 0 aliphatic heterocycles. The molecule has 3 fully saturated rings. The monoisotopic (exact) mass is 2080 g/mol. The lowest BCUT2D eigenvalue weighted by atomic mass is 9.85. The molecule has 3 aliphatic rings. The third-order valence-corrected chi connectivity index (χ3v) is 23.9. The molecule has 748 valence electrons. The topological polar surface area (TPSA) is 370 Å². The lowest BCUT2D eigenvalue weighted by Crippen LogP contribution is -2.40. The molecule has 0 saturated heterocycles. The second-order valence-corrected chi connectivity index (χ2v) is 36.3. The summed E-state index contributed by atoms with van der Waals surface area (Å²) in [7, 11) is 0. The number of hydrogen-bond acceptors (Lipinski definition) is 17. The molecule has 6 heterocycles. The van der Waals surface area contributed by atoms with Gasteiger partial charge in [-0.25, -0.2) is 59.7 Å². The first kappa shape index (κ1) is 112. The number of carboxylic acid groups (broad SMARTS) is 1. The van der Waals surface area contributed by atoms with Crippen LogP contribution in [0.15, 0.2) is 54.6 Å². The van der Waals surface area contributed by atoms with Gasteiger partial charge in [0.15, 0.2) is 42.4 Å². The minimum atomic E-state index is -4.31. The molecule has 3 saturated carbocycles. The Morgan fingerprint density at radius 1 is 0.456 bits per heavy atom. The van der Waals surface area contributed by atoms with E-state index in [1.54, 1.807) is 64.1 Å². The standard InChI is InChI=1S/C29H31Cl2F6N5O3.C29H32Cl2F5N5O4.C24H24Cl2F5N5O2.C4H7FO2.ClH/c1-13(38-27(44)28(2,3)34)16-8-9-19(30)17(23(16)31)11-22-40-20-10-18(26(42-24(20)41-22)45-12-21(32)33)25(43)39-15-6-4-14(5-7-15)29(35,36)37;1-28(2,3)45-27(43)37-12-14-4-9-19(30)17(23(14)31)11-22-39-20-10-18(26(41-24(20)40-22)44-13-21(32)33)25(42)38-16-7-5-15(6-8-16)29(34,35)36;25-16-6-1-11(9-32)20(26)14(16)8-19-34-17-7-15(23(36-21(17)35-19)38-10-18(27)28)22(37)33-13-4-2-12(3-5-13)24(29,30)31;1-4(2,5)3(6)7;/h8-10,13-15,21H,4-7,11-12H2,1-3H3,(H,38,44)(H,39,43)(H,40,41,42);4,9-10,15-16,21H,5-8,11-13H2,1-3H3,(H,37,43)(H,38,42)(H,39,40,41);1,6-7,12-13,18H,2-5,8-10,32H2,(H,33,37)(H,34,35,36);1-2H3,(H,6,7);1H. The number of aliphatic carboxylic acids is 1. The predicted octanol–water partition coefficient (Wildman–Crippen LogP) is 21.7. The van der Waals surface area contributed by atoms with Crippen LogP contribution in [-0.2, 0) is 46.7 Å². The number of carboxylic acids is 1. The van der Waals surface area contributed by atoms with E-state index in [9.17, 15) is 103 Å². The Hall–Kier alpha value is -9.66. The number of nitrogens with two attached hydrogens (primary N) is 1. The Kier molecular flexibility index (Phi) is 38.9. The van der Waals surface area contributed by atoms with E-state index in [0.717, 1.165) is 27.7 Å². The van der Waals surface area contributed by atoms with Gasteiger partial charge in [-0.15, -0.1) is 12.4 Å². The molecule has 12 rings (SSSR count). The number of aromatic amines is 3. The van der Waals surface area contributed by atoms with Crippen LogP contribution in [0.2, 0.25) is 30.1 Å². The summed E-state index contributed by atoms with van der Waals surface area (Å²) in [6.07, 6.45) is -21.9. The van der Waals surface area contributed by atoms with Crippen LogP contribution in [0.1, 0.15) is 220 Å². The van der Waals surface area contributed by atoms with Crippen LogP contribution >= 0.6 is 82.0 Å². The van der Waals surface area contributed by atoms with Crippen molar-refractivity contribution in [3.05, 3.63) is 152 Å². The van der Waals surface area contributed by atoms with Gasteiger partial charge < -0.3 is 71.3 Å². The molecule has 50 heteroatoms. The molecule has 3 aliphatic carbocycles. The van der Waals surface area contributed by atoms with Crippen LogP contribution < -0.4 is 46.5 Å². The van der Waals surface area contributed by atoms with Crippen molar-refractivity contribution in [1.29, 1.82) is 0 Å². The molecular weight excluding hydrogens is 1990 g/mol. The fraction of sp³-hybridized carbons (Fsp3) is 0.512. The molecule has 136 heavy (non-hydrogen) atoms. The predicted molar refractivity (Wildman–Crippen MR) is 475 cm³/mol. The Labute approximate surface area is 802 Å². The zero-order valence-electron chi connectivity index (χ0n) is 73.5. The number of H-pyrrole nitrogens is 3. The second-order valence-electron chi connectivity index (χ2n) is 33.9. The number of amides is 5. The average Bonchev–Trinajstić information content (AvgIpc) is 1.64. The van der Waals surface area contributed by atoms with Crippen molar-refractivity contribution >= 4 is 151 Å². The van der Waals surface area contributed by atoms with Gasteiger partial charge >= 0.3 is 30.6 Å². The van der Waals surface area contributed by atoms with Crippen molar-refractivity contribution in [1.82, 2.24) is 71.4 Å². The highest BCUT2D eigenvalue weighted by Gasteiger charge is 2.45. The number of halogens is 24. The van der Waals surface area contributed by atoms with Gasteiger partial charge in [-0.05, 0) is 202 Å². The summed E-state index contributed by atoms with van der Waals surface area (Å²) in [4.78, 5) is 108. The second kappa shape index (κ2) is 47.3. The average molecular weight is 2090 g/mol. The van der Waals surface area contributed by atoms with Crippen molar-refractivity contribution in [3.63, 3.8) is 0 Å². The maximum Gasteiger partial charge on any atom is 0.407 e. The third-order valence-electron chi connectivity index (χ3n) is 21.5. The van der Waals surface area contributed by atoms with E-state index in [1.807, 2.05) is 0 Å². The number of rotatable bonds is 28. The normalized spacial score (nSPS) is 17.5. The number of nitrogens with one attached hydrogen (secondary N) is 8. The summed E-state index contributed by atoms with van der Waals surface area (Å²) in [6.45, 7) is 8.22. The molecule has 0 radical (unpaired) electrons. The van der Waals surface area contributed by atoms with Crippen molar-refractivity contribution in [2.75, 3.05) is 19.8 Å². The number of alkyl carbamates (subject to hydrolysis) is 1. The summed E-state index contributed by atoms with van der Waals surface area (Å²) < 4.78 is 241. The van der Waals surface area contributed by atoms with Crippen LogP contribution in [0.4, 0.5) is 79.4 Å². The number of hydrogen-bond donors (Lipinski definition) is 10. The van der Waals surface area contributed by atoms with E-state index in [2.05, 4.69) is 71.4 Å². The van der Waals surface area contributed by atoms with E-state index >= 15 is 0 Å². The maximum atomic E-state index is 14.1. The zero-order valence-corrected chi connectivity index (χ0v) is 78.9. The highest BCUT2D eigenvalue weighted by atomic mass is 35.5. The number of carbonyl (C=O) groups excluding carboxylic acids is 5. The Morgan fingerprint density at radius 2 is 0.757 bits per heavy atom. The Bertz CT molecular complexity index is 5680. The number of alkyl halides is 17. The SMILES string of the molecule is CC(C)(C)OC(=O)NCc1ccc(Cl)c(Cc2nc3nc(OCC(F)F)c(C(=O)NC4CCC(C(F)(F)F)CC4)cc3[nH]2)c1Cl.CC(C)(F)C(=O)O.CC(NC(=O)C(C)(C)F)c1ccc(Cl)c(Cc2nc3nc(OCC(F)F)c(C(=O)NC4CCC(C(F)(F)F)CC4)cc3[nH]2)c1Cl.Cl.NCc1ccc(Cl)c(Cc2nc3nc(OCC(F)F)c(C(=O)NC4CCC(C(F)(F)F)CC4)cc3[nH]2)c1Cl. The summed E-state index contributed by atoms with van der Waals surface area (Å²) in [6, 6.07) is 11.5. The molecule has 1 unspecified atom stereocenters. The Balaban J connectivity index is 0.000000241. The highest BCUT2D eigenvalue weighted by molar-refractivity contribution is 6.38. The van der Waals surface area contributed by atoms with Crippen molar-refractivity contribution in [3.8, 4) is 17.6 Å². The fourth-order valence-corrected chi connectivity index (χ4v) is 16.2. The van der Waals surface area contributed by atoms with Crippen LogP contribution in [-0.4, -0.2) is 178 Å². The van der Waals surface area contributed by atoms with Gasteiger partial charge in [0.2, 0.25) is 23.3 Å². The first-order valence-corrected chi connectivity index (χ1v) is 44.1. The molecule has 5 amide bonds. The van der Waals surface area contributed by atoms with Crippen LogP contribution in [0.25, 0.3) is 33.5 Å². The van der Waals surface area contributed by atoms with Gasteiger partial charge in [0.25, 0.3) is 42.9 Å². The summed E-state index contributed by atoms with van der Waals surface area (Å²) in [5, 5.41) is 22.9. The highest BCUT2D eigenvalue weighted by Crippen LogP contribution is 2.43. The van der Waals surface area contributed by atoms with Crippen molar-refractivity contribution < 1.29 is 127 Å². The minimum absolute atomic E-state index is 0. The van der Waals surface area contributed by atoms with E-state index in [-0.39, 0.29) is 193 Å². The maximum absolute atomic E-state index is 14.1. The largest absolute Gasteiger partial charge is 0.479 e. The van der Waals surface area contributed by atoms with Gasteiger partial charge in [-0.3, -0.25) is 19.2 Å². The molecule has 9 aromatic rings. The number of carbonyl (C=O) groups is 6. The fourth-order valence-electron chi connectivity index (χ4n) is 14.4. The summed E-state index contributed by atoms with van der Waals surface area (Å²) in [5.41, 5.74) is 4.51. The molecule has 6 aromatic heterocycles. The van der Waals surface area contributed by atoms with E-state index < -0.39 is 164 Å². The smallest absolute Gasteiger partial charge is 0.407 e. The lowest BCUT2D eigenvalue weighted by molar-refractivity contribution is -0.183. The van der Waals surface area contributed by atoms with E-state index in [4.69, 9.17) is 99.4 Å². The van der Waals surface area contributed by atoms with Gasteiger partial charge in [0, 0.05) is 65.5 Å². The third kappa shape index (κ3) is 31.7. The molecule has 0 spiro atoms. The first-order valence-electron chi connectivity index (χ1n) is 41.9. The van der Waals surface area contributed by atoms with Crippen LogP contribution in [0, 0.1) is 17.8 Å². The number of fused-ring (bicyclic) bond motifs is 3. The minimum Gasteiger partial charge on any atom is -0.479 e. The number of benzene rings is 3. The van der Waals surface area contributed by atoms with Crippen LogP contribution in [0.3, 0.4) is 0 Å². The first-order chi connectivity index (χ1) is 62.8. The number of pyridine rings is 3. The molecule has 11 N–H and O–H groups in total. The number of imidazole rings is 3. The quantitative estimate of drug-likeness (QED) is 0.0204. The van der Waals surface area contributed by atoms with E-state index in [0.29, 0.717) is 65.6 Å². The zero-order chi connectivity index (χ0) is 100. The molecular formula is C86H95Cl7F17N15O11. The molecule has 0 bridgehead atoms. The van der Waals surface area contributed by atoms with Crippen molar-refractivity contribution in [2.24, 2.45) is 23.5 Å². The molecule has 1 atom stereocenters. The van der Waals surface area contributed by atoms with Gasteiger partial charge in [-0.1, -0.05) is 87.8 Å². The lowest BCUT2D eigenvalue weighted by Gasteiger charge is -2.30. The summed E-state index contributed by atoms with van der Waals surface area (Å²) in [5.74, 6) is -8.89. The molecule has 3 aromatic carbocycles. The van der Waals surface area contributed by atoms with Gasteiger partial charge in [0.1, 0.15) is 39.8 Å². The number of aromatic nitrogens is 9. The van der Waals surface area contributed by atoms with Crippen LogP contribution in [0.5, 0.6) is 17.6 Å². The van der Waals surface area contributed by atoms with Crippen molar-refractivity contribution in [2.45, 2.75) is 244 Å². The summed E-state index contributed by atoms with van der Waals surface area (Å²) >= 11 is 38.9. The molecule has 26 nitrogen and oxygen atoms in total. The van der Waals surface area contributed by atoms with Gasteiger partial charge in [0.05, 0.1) is 55.4 Å².